The van der Waals surface area contributed by atoms with E-state index in [0.29, 0.717) is 24.0 Å². The number of rotatable bonds is 8. The zero-order chi connectivity index (χ0) is 16.7. The van der Waals surface area contributed by atoms with Gasteiger partial charge in [0.15, 0.2) is 0 Å². The van der Waals surface area contributed by atoms with E-state index in [4.69, 9.17) is 26.2 Å². The van der Waals surface area contributed by atoms with E-state index in [1.807, 2.05) is 43.3 Å². The molecule has 5 heteroatoms. The second kappa shape index (κ2) is 8.44. The van der Waals surface area contributed by atoms with Crippen LogP contribution < -0.4 is 9.47 Å². The number of hydrogen-bond donors (Lipinski definition) is 1. The van der Waals surface area contributed by atoms with Gasteiger partial charge in [-0.15, -0.1) is 0 Å². The van der Waals surface area contributed by atoms with Crippen LogP contribution in [0.3, 0.4) is 0 Å². The molecule has 0 saturated heterocycles. The van der Waals surface area contributed by atoms with Crippen LogP contribution in [0.5, 0.6) is 11.5 Å². The fraction of sp³-hybridized carbons (Fsp3) is 0.278. The Kier molecular flexibility index (Phi) is 6.29. The monoisotopic (exact) mass is 334 g/mol. The first-order valence-electron chi connectivity index (χ1n) is 7.37. The fourth-order valence-electron chi connectivity index (χ4n) is 2.15. The van der Waals surface area contributed by atoms with E-state index < -0.39 is 5.97 Å². The molecule has 1 atom stereocenters. The van der Waals surface area contributed by atoms with Crippen molar-refractivity contribution in [2.45, 2.75) is 19.3 Å². The van der Waals surface area contributed by atoms with Crippen LogP contribution in [-0.2, 0) is 4.79 Å². The minimum atomic E-state index is -0.795. The van der Waals surface area contributed by atoms with E-state index in [-0.39, 0.29) is 12.3 Å². The van der Waals surface area contributed by atoms with Crippen molar-refractivity contribution in [3.63, 3.8) is 0 Å². The molecule has 2 aromatic rings. The van der Waals surface area contributed by atoms with Crippen molar-refractivity contribution in [1.29, 1.82) is 0 Å². The largest absolute Gasteiger partial charge is 0.490 e. The zero-order valence-corrected chi connectivity index (χ0v) is 13.6. The van der Waals surface area contributed by atoms with Crippen LogP contribution in [0.15, 0.2) is 48.5 Å². The number of halogens is 1. The number of carbonyl (C=O) groups is 1. The van der Waals surface area contributed by atoms with Crippen LogP contribution in [0.4, 0.5) is 0 Å². The Morgan fingerprint density at radius 2 is 1.74 bits per heavy atom. The Bertz CT molecular complexity index is 640. The lowest BCUT2D eigenvalue weighted by atomic mass is 9.98. The normalized spacial score (nSPS) is 11.7. The first kappa shape index (κ1) is 17.2. The van der Waals surface area contributed by atoms with Crippen LogP contribution >= 0.6 is 11.6 Å². The minimum Gasteiger partial charge on any atom is -0.490 e. The number of carboxylic acid groups (broad SMARTS) is 1. The average molecular weight is 335 g/mol. The van der Waals surface area contributed by atoms with Gasteiger partial charge in [-0.05, 0) is 41.8 Å². The van der Waals surface area contributed by atoms with E-state index in [9.17, 15) is 4.79 Å². The van der Waals surface area contributed by atoms with Crippen LogP contribution in [0, 0.1) is 0 Å². The molecule has 0 amide bonds. The maximum atomic E-state index is 10.7. The van der Waals surface area contributed by atoms with Crippen LogP contribution in [0.2, 0.25) is 5.02 Å². The molecule has 0 spiro atoms. The topological polar surface area (TPSA) is 55.8 Å². The summed E-state index contributed by atoms with van der Waals surface area (Å²) in [6.45, 7) is 2.72. The van der Waals surface area contributed by atoms with E-state index in [1.54, 1.807) is 12.1 Å². The van der Waals surface area contributed by atoms with E-state index in [2.05, 4.69) is 0 Å². The molecular formula is C18H19ClO4. The van der Waals surface area contributed by atoms with Gasteiger partial charge >= 0.3 is 5.97 Å². The van der Waals surface area contributed by atoms with Gasteiger partial charge in [0.2, 0.25) is 0 Å². The first-order valence-corrected chi connectivity index (χ1v) is 7.75. The third-order valence-corrected chi connectivity index (χ3v) is 3.58. The van der Waals surface area contributed by atoms with Crippen molar-refractivity contribution < 1.29 is 19.4 Å². The Labute approximate surface area is 140 Å². The molecule has 0 saturated carbocycles. The number of hydrogen-bond acceptors (Lipinski definition) is 3. The summed E-state index contributed by atoms with van der Waals surface area (Å²) in [6, 6.07) is 14.7. The molecule has 1 N–H and O–H groups in total. The molecule has 0 aromatic heterocycles. The van der Waals surface area contributed by atoms with Gasteiger partial charge in [0.1, 0.15) is 24.7 Å². The van der Waals surface area contributed by atoms with Crippen molar-refractivity contribution >= 4 is 17.6 Å². The average Bonchev–Trinajstić information content (AvgIpc) is 2.51. The summed E-state index contributed by atoms with van der Waals surface area (Å²) in [4.78, 5) is 10.7. The molecule has 23 heavy (non-hydrogen) atoms. The Morgan fingerprint density at radius 3 is 2.35 bits per heavy atom. The smallest absolute Gasteiger partial charge is 0.303 e. The summed E-state index contributed by atoms with van der Waals surface area (Å²) >= 11 is 5.88. The second-order valence-corrected chi connectivity index (χ2v) is 5.66. The predicted octanol–water partition coefficient (Wildman–Crippen LogP) is 4.38. The van der Waals surface area contributed by atoms with Gasteiger partial charge in [-0.25, -0.2) is 0 Å². The highest BCUT2D eigenvalue weighted by Gasteiger charge is 2.09. The van der Waals surface area contributed by atoms with Crippen LogP contribution in [0.25, 0.3) is 0 Å². The molecule has 0 heterocycles. The molecule has 0 aliphatic rings. The lowest BCUT2D eigenvalue weighted by Gasteiger charge is -2.11. The SMILES string of the molecule is CC(CC(=O)O)c1ccc(OCCOc2cccc(Cl)c2)cc1. The number of ether oxygens (including phenoxy) is 2. The highest BCUT2D eigenvalue weighted by atomic mass is 35.5. The first-order chi connectivity index (χ1) is 11.0. The Hall–Kier alpha value is -2.20. The number of aliphatic carboxylic acids is 1. The summed E-state index contributed by atoms with van der Waals surface area (Å²) in [7, 11) is 0. The van der Waals surface area contributed by atoms with Crippen molar-refractivity contribution in [3.05, 3.63) is 59.1 Å². The number of carboxylic acids is 1. The van der Waals surface area contributed by atoms with Crippen molar-refractivity contribution in [3.8, 4) is 11.5 Å². The standard InChI is InChI=1S/C18H19ClO4/c1-13(11-18(20)21)14-5-7-16(8-6-14)22-9-10-23-17-4-2-3-15(19)12-17/h2-8,12-13H,9-11H2,1H3,(H,20,21). The third kappa shape index (κ3) is 5.83. The highest BCUT2D eigenvalue weighted by Crippen LogP contribution is 2.22. The molecule has 4 nitrogen and oxygen atoms in total. The van der Waals surface area contributed by atoms with Gasteiger partial charge in [-0.3, -0.25) is 4.79 Å². The second-order valence-electron chi connectivity index (χ2n) is 5.22. The van der Waals surface area contributed by atoms with Crippen LogP contribution in [-0.4, -0.2) is 24.3 Å². The molecule has 0 bridgehead atoms. The number of benzene rings is 2. The maximum absolute atomic E-state index is 10.7. The van der Waals surface area contributed by atoms with E-state index >= 15 is 0 Å². The molecule has 122 valence electrons. The summed E-state index contributed by atoms with van der Waals surface area (Å²) < 4.78 is 11.1. The van der Waals surface area contributed by atoms with Gasteiger partial charge in [0.25, 0.3) is 0 Å². The fourth-order valence-corrected chi connectivity index (χ4v) is 2.33. The lowest BCUT2D eigenvalue weighted by molar-refractivity contribution is -0.137. The molecule has 0 fully saturated rings. The van der Waals surface area contributed by atoms with E-state index in [1.165, 1.54) is 0 Å². The molecule has 2 aromatic carbocycles. The molecule has 2 rings (SSSR count). The quantitative estimate of drug-likeness (QED) is 0.728. The maximum Gasteiger partial charge on any atom is 0.303 e. The van der Waals surface area contributed by atoms with Crippen molar-refractivity contribution in [2.24, 2.45) is 0 Å². The molecule has 0 radical (unpaired) electrons. The van der Waals surface area contributed by atoms with E-state index in [0.717, 1.165) is 11.3 Å². The lowest BCUT2D eigenvalue weighted by Crippen LogP contribution is -2.09. The summed E-state index contributed by atoms with van der Waals surface area (Å²) in [5.41, 5.74) is 0.981. The Morgan fingerprint density at radius 1 is 1.09 bits per heavy atom. The third-order valence-electron chi connectivity index (χ3n) is 3.35. The molecule has 1 unspecified atom stereocenters. The molecular weight excluding hydrogens is 316 g/mol. The summed E-state index contributed by atoms with van der Waals surface area (Å²) in [6.07, 6.45) is 0.119. The molecule has 0 aliphatic heterocycles. The van der Waals surface area contributed by atoms with Crippen molar-refractivity contribution in [2.75, 3.05) is 13.2 Å². The molecule has 0 aliphatic carbocycles. The predicted molar refractivity (Wildman–Crippen MR) is 89.6 cm³/mol. The van der Waals surface area contributed by atoms with Gasteiger partial charge in [0, 0.05) is 5.02 Å². The van der Waals surface area contributed by atoms with Gasteiger partial charge < -0.3 is 14.6 Å². The minimum absolute atomic E-state index is 0.0206. The highest BCUT2D eigenvalue weighted by molar-refractivity contribution is 6.30. The van der Waals surface area contributed by atoms with Gasteiger partial charge in [0.05, 0.1) is 6.42 Å². The van der Waals surface area contributed by atoms with Crippen LogP contribution in [0.1, 0.15) is 24.8 Å². The van der Waals surface area contributed by atoms with Gasteiger partial charge in [-0.1, -0.05) is 36.7 Å². The summed E-state index contributed by atoms with van der Waals surface area (Å²) in [5, 5.41) is 9.44. The zero-order valence-electron chi connectivity index (χ0n) is 12.9. The van der Waals surface area contributed by atoms with Crippen molar-refractivity contribution in [1.82, 2.24) is 0 Å². The Balaban J connectivity index is 1.77. The summed E-state index contributed by atoms with van der Waals surface area (Å²) in [5.74, 6) is 0.619. The van der Waals surface area contributed by atoms with Gasteiger partial charge in [-0.2, -0.15) is 0 Å².